The maximum Gasteiger partial charge on any atom is 0.321 e. The summed E-state index contributed by atoms with van der Waals surface area (Å²) in [6, 6.07) is 15.6. The maximum atomic E-state index is 12.1. The maximum absolute atomic E-state index is 12.1. The summed E-state index contributed by atoms with van der Waals surface area (Å²) in [6.45, 7) is 1.20. The first kappa shape index (κ1) is 15.0. The fraction of sp³-hybridized carbons (Fsp3) is 0.222. The third-order valence-corrected chi connectivity index (χ3v) is 4.97. The number of thiazole rings is 1. The Hall–Kier alpha value is -2.60. The van der Waals surface area contributed by atoms with Gasteiger partial charge < -0.3 is 10.1 Å². The van der Waals surface area contributed by atoms with Crippen molar-refractivity contribution in [3.8, 4) is 5.75 Å². The number of fused-ring (bicyclic) bond motifs is 2. The molecule has 1 aliphatic heterocycles. The molecule has 1 atom stereocenters. The monoisotopic (exact) mass is 339 g/mol. The number of nitrogens with zero attached hydrogens (tertiary/aromatic N) is 1. The molecular formula is C18H17N3O2S. The molecule has 1 aromatic heterocycles. The largest absolute Gasteiger partial charge is 0.493 e. The van der Waals surface area contributed by atoms with Crippen molar-refractivity contribution in [2.45, 2.75) is 6.42 Å². The number of anilines is 1. The van der Waals surface area contributed by atoms with E-state index in [1.807, 2.05) is 42.5 Å². The number of hydrogen-bond donors (Lipinski definition) is 2. The average molecular weight is 339 g/mol. The molecule has 2 aromatic carbocycles. The van der Waals surface area contributed by atoms with Gasteiger partial charge >= 0.3 is 6.03 Å². The van der Waals surface area contributed by atoms with Gasteiger partial charge in [-0.1, -0.05) is 41.7 Å². The summed E-state index contributed by atoms with van der Waals surface area (Å²) in [5, 5.41) is 6.33. The highest BCUT2D eigenvalue weighted by molar-refractivity contribution is 7.22. The van der Waals surface area contributed by atoms with Crippen LogP contribution >= 0.6 is 11.3 Å². The van der Waals surface area contributed by atoms with Gasteiger partial charge in [-0.2, -0.15) is 0 Å². The summed E-state index contributed by atoms with van der Waals surface area (Å²) in [7, 11) is 0. The van der Waals surface area contributed by atoms with Gasteiger partial charge in [-0.3, -0.25) is 5.32 Å². The number of carbonyl (C=O) groups excluding carboxylic acids is 1. The summed E-state index contributed by atoms with van der Waals surface area (Å²) in [5.74, 6) is 1.23. The Kier molecular flexibility index (Phi) is 4.04. The minimum Gasteiger partial charge on any atom is -0.493 e. The summed E-state index contributed by atoms with van der Waals surface area (Å²) < 4.78 is 6.80. The van der Waals surface area contributed by atoms with E-state index in [0.717, 1.165) is 22.4 Å². The number of para-hydroxylation sites is 2. The molecule has 6 heteroatoms. The van der Waals surface area contributed by atoms with Gasteiger partial charge in [0.1, 0.15) is 5.75 Å². The number of aromatic nitrogens is 1. The minimum atomic E-state index is -0.229. The van der Waals surface area contributed by atoms with E-state index in [1.54, 1.807) is 0 Å². The van der Waals surface area contributed by atoms with Crippen LogP contribution in [0.4, 0.5) is 9.93 Å². The van der Waals surface area contributed by atoms with E-state index in [0.29, 0.717) is 18.3 Å². The Morgan fingerprint density at radius 2 is 2.04 bits per heavy atom. The quantitative estimate of drug-likeness (QED) is 0.765. The topological polar surface area (TPSA) is 63.2 Å². The predicted octanol–water partition coefficient (Wildman–Crippen LogP) is 3.67. The molecule has 0 fully saturated rings. The molecular weight excluding hydrogens is 322 g/mol. The summed E-state index contributed by atoms with van der Waals surface area (Å²) in [4.78, 5) is 16.5. The van der Waals surface area contributed by atoms with Crippen LogP contribution < -0.4 is 15.4 Å². The molecule has 122 valence electrons. The number of rotatable bonds is 3. The van der Waals surface area contributed by atoms with E-state index in [-0.39, 0.29) is 11.9 Å². The minimum absolute atomic E-state index is 0.229. The van der Waals surface area contributed by atoms with Gasteiger partial charge in [0.05, 0.1) is 16.8 Å². The molecule has 4 rings (SSSR count). The van der Waals surface area contributed by atoms with Crippen LogP contribution in [0, 0.1) is 5.92 Å². The van der Waals surface area contributed by atoms with Gasteiger partial charge in [-0.15, -0.1) is 0 Å². The van der Waals surface area contributed by atoms with Crippen LogP contribution in [0.2, 0.25) is 0 Å². The summed E-state index contributed by atoms with van der Waals surface area (Å²) >= 11 is 1.47. The fourth-order valence-corrected chi connectivity index (χ4v) is 3.69. The highest BCUT2D eigenvalue weighted by Crippen LogP contribution is 2.27. The van der Waals surface area contributed by atoms with Gasteiger partial charge in [0, 0.05) is 12.5 Å². The molecule has 24 heavy (non-hydrogen) atoms. The highest BCUT2D eigenvalue weighted by atomic mass is 32.1. The van der Waals surface area contributed by atoms with E-state index < -0.39 is 0 Å². The van der Waals surface area contributed by atoms with E-state index in [9.17, 15) is 4.79 Å². The second-order valence-electron chi connectivity index (χ2n) is 5.81. The molecule has 0 saturated heterocycles. The van der Waals surface area contributed by atoms with Crippen molar-refractivity contribution in [1.82, 2.24) is 10.3 Å². The van der Waals surface area contributed by atoms with Crippen molar-refractivity contribution < 1.29 is 9.53 Å². The van der Waals surface area contributed by atoms with Crippen LogP contribution in [0.1, 0.15) is 5.56 Å². The van der Waals surface area contributed by atoms with Crippen molar-refractivity contribution in [2.75, 3.05) is 18.5 Å². The number of benzene rings is 2. The molecule has 0 aliphatic carbocycles. The molecule has 2 heterocycles. The molecule has 3 aromatic rings. The van der Waals surface area contributed by atoms with Crippen molar-refractivity contribution in [3.05, 3.63) is 54.1 Å². The van der Waals surface area contributed by atoms with E-state index in [4.69, 9.17) is 4.74 Å². The Morgan fingerprint density at radius 3 is 2.96 bits per heavy atom. The number of amides is 2. The average Bonchev–Trinajstić information content (AvgIpc) is 3.02. The third kappa shape index (κ3) is 3.19. The van der Waals surface area contributed by atoms with Crippen molar-refractivity contribution in [2.24, 2.45) is 5.92 Å². The molecule has 2 N–H and O–H groups in total. The SMILES string of the molecule is O=C(NCC1COc2ccccc2C1)Nc1nc2ccccc2s1. The van der Waals surface area contributed by atoms with E-state index in [2.05, 4.69) is 21.7 Å². The number of urea groups is 1. The third-order valence-electron chi connectivity index (χ3n) is 4.02. The van der Waals surface area contributed by atoms with Gasteiger partial charge in [-0.05, 0) is 30.2 Å². The molecule has 2 amide bonds. The summed E-state index contributed by atoms with van der Waals surface area (Å²) in [5.41, 5.74) is 2.09. The Bertz CT molecular complexity index is 844. The smallest absolute Gasteiger partial charge is 0.321 e. The number of carbonyl (C=O) groups is 1. The second-order valence-corrected chi connectivity index (χ2v) is 6.84. The lowest BCUT2D eigenvalue weighted by molar-refractivity contribution is 0.215. The standard InChI is InChI=1S/C18H17N3O2S/c22-17(21-18-20-14-6-2-4-8-16(14)24-18)19-10-12-9-13-5-1-3-7-15(13)23-11-12/h1-8,12H,9-11H2,(H2,19,20,21,22). The lowest BCUT2D eigenvalue weighted by Crippen LogP contribution is -2.37. The number of hydrogen-bond acceptors (Lipinski definition) is 4. The van der Waals surface area contributed by atoms with Crippen LogP contribution in [0.15, 0.2) is 48.5 Å². The molecule has 0 spiro atoms. The zero-order valence-corrected chi connectivity index (χ0v) is 13.8. The first-order valence-corrected chi connectivity index (χ1v) is 8.71. The Morgan fingerprint density at radius 1 is 1.21 bits per heavy atom. The van der Waals surface area contributed by atoms with Crippen LogP contribution in [0.3, 0.4) is 0 Å². The number of ether oxygens (including phenoxy) is 1. The predicted molar refractivity (Wildman–Crippen MR) is 95.8 cm³/mol. The van der Waals surface area contributed by atoms with Crippen LogP contribution in [0.5, 0.6) is 5.75 Å². The molecule has 1 aliphatic rings. The first-order chi connectivity index (χ1) is 11.8. The zero-order valence-electron chi connectivity index (χ0n) is 13.0. The lowest BCUT2D eigenvalue weighted by atomic mass is 9.97. The highest BCUT2D eigenvalue weighted by Gasteiger charge is 2.20. The van der Waals surface area contributed by atoms with E-state index in [1.165, 1.54) is 16.9 Å². The van der Waals surface area contributed by atoms with Gasteiger partial charge in [0.25, 0.3) is 0 Å². The lowest BCUT2D eigenvalue weighted by Gasteiger charge is -2.25. The van der Waals surface area contributed by atoms with Crippen LogP contribution in [0.25, 0.3) is 10.2 Å². The van der Waals surface area contributed by atoms with Crippen LogP contribution in [-0.4, -0.2) is 24.2 Å². The van der Waals surface area contributed by atoms with Gasteiger partial charge in [0.2, 0.25) is 0 Å². The zero-order chi connectivity index (χ0) is 16.4. The Labute approximate surface area is 143 Å². The molecule has 0 radical (unpaired) electrons. The van der Waals surface area contributed by atoms with Crippen molar-refractivity contribution in [3.63, 3.8) is 0 Å². The fourth-order valence-electron chi connectivity index (χ4n) is 2.83. The molecule has 0 saturated carbocycles. The molecule has 1 unspecified atom stereocenters. The Balaban J connectivity index is 1.32. The first-order valence-electron chi connectivity index (χ1n) is 7.89. The normalized spacial score (nSPS) is 16.2. The van der Waals surface area contributed by atoms with Crippen molar-refractivity contribution >= 4 is 32.7 Å². The van der Waals surface area contributed by atoms with Gasteiger partial charge in [0.15, 0.2) is 5.13 Å². The number of nitrogens with one attached hydrogen (secondary N) is 2. The molecule has 5 nitrogen and oxygen atoms in total. The van der Waals surface area contributed by atoms with Crippen molar-refractivity contribution in [1.29, 1.82) is 0 Å². The second kappa shape index (κ2) is 6.49. The van der Waals surface area contributed by atoms with Crippen LogP contribution in [-0.2, 0) is 6.42 Å². The van der Waals surface area contributed by atoms with Gasteiger partial charge in [-0.25, -0.2) is 9.78 Å². The summed E-state index contributed by atoms with van der Waals surface area (Å²) in [6.07, 6.45) is 0.914. The van der Waals surface area contributed by atoms with E-state index >= 15 is 0 Å². The molecule has 0 bridgehead atoms.